The van der Waals surface area contributed by atoms with Crippen LogP contribution < -0.4 is 4.74 Å². The van der Waals surface area contributed by atoms with Gasteiger partial charge >= 0.3 is 5.97 Å². The largest absolute Gasteiger partial charge is 0.487 e. The zero-order valence-corrected chi connectivity index (χ0v) is 14.5. The van der Waals surface area contributed by atoms with Crippen LogP contribution in [0.1, 0.15) is 29.7 Å². The van der Waals surface area contributed by atoms with Crippen LogP contribution >= 0.6 is 0 Å². The Hall–Kier alpha value is -2.88. The Labute approximate surface area is 152 Å². The van der Waals surface area contributed by atoms with Crippen molar-refractivity contribution >= 4 is 16.9 Å². The summed E-state index contributed by atoms with van der Waals surface area (Å²) >= 11 is 0. The summed E-state index contributed by atoms with van der Waals surface area (Å²) in [6, 6.07) is 18.2. The third-order valence-electron chi connectivity index (χ3n) is 5.01. The van der Waals surface area contributed by atoms with Crippen LogP contribution in [0.25, 0.3) is 10.9 Å². The average Bonchev–Trinajstić information content (AvgIpc) is 2.65. The van der Waals surface area contributed by atoms with E-state index in [1.165, 1.54) is 11.1 Å². The van der Waals surface area contributed by atoms with Crippen molar-refractivity contribution in [2.45, 2.75) is 32.3 Å². The Morgan fingerprint density at radius 2 is 2.00 bits per heavy atom. The van der Waals surface area contributed by atoms with Gasteiger partial charge in [-0.25, -0.2) is 4.98 Å². The van der Waals surface area contributed by atoms with E-state index in [0.717, 1.165) is 41.6 Å². The first-order valence-corrected chi connectivity index (χ1v) is 8.98. The van der Waals surface area contributed by atoms with Gasteiger partial charge in [0.15, 0.2) is 0 Å². The number of aromatic nitrogens is 1. The molecule has 0 saturated heterocycles. The monoisotopic (exact) mass is 347 g/mol. The molecular weight excluding hydrogens is 326 g/mol. The Kier molecular flexibility index (Phi) is 4.57. The SMILES string of the molecule is O=C(O)CC1CCc2ccc(OCc3ccc4ccccc4n3)cc2C1. The Balaban J connectivity index is 1.46. The number of benzene rings is 2. The maximum atomic E-state index is 11.0. The van der Waals surface area contributed by atoms with Gasteiger partial charge in [-0.2, -0.15) is 0 Å². The number of carbonyl (C=O) groups is 1. The fourth-order valence-electron chi connectivity index (χ4n) is 3.67. The molecule has 2 aromatic carbocycles. The average molecular weight is 347 g/mol. The van der Waals surface area contributed by atoms with Crippen LogP contribution in [0.5, 0.6) is 5.75 Å². The van der Waals surface area contributed by atoms with Crippen molar-refractivity contribution in [3.8, 4) is 5.75 Å². The Morgan fingerprint density at radius 1 is 1.12 bits per heavy atom. The lowest BCUT2D eigenvalue weighted by atomic mass is 9.82. The van der Waals surface area contributed by atoms with Crippen molar-refractivity contribution in [3.05, 3.63) is 71.4 Å². The molecule has 4 rings (SSSR count). The molecule has 4 nitrogen and oxygen atoms in total. The van der Waals surface area contributed by atoms with E-state index in [9.17, 15) is 4.79 Å². The highest BCUT2D eigenvalue weighted by molar-refractivity contribution is 5.78. The standard InChI is InChI=1S/C22H21NO3/c24-22(25)12-15-5-6-16-8-10-20(13-18(16)11-15)26-14-19-9-7-17-3-1-2-4-21(17)23-19/h1-4,7-10,13,15H,5-6,11-12,14H2,(H,24,25). The number of pyridine rings is 1. The predicted octanol–water partition coefficient (Wildman–Crippen LogP) is 4.39. The molecule has 0 saturated carbocycles. The van der Waals surface area contributed by atoms with E-state index in [-0.39, 0.29) is 12.3 Å². The summed E-state index contributed by atoms with van der Waals surface area (Å²) in [6.07, 6.45) is 2.94. The van der Waals surface area contributed by atoms with Crippen LogP contribution in [-0.2, 0) is 24.2 Å². The molecule has 3 aromatic rings. The summed E-state index contributed by atoms with van der Waals surface area (Å²) in [7, 11) is 0. The normalized spacial score (nSPS) is 16.2. The second kappa shape index (κ2) is 7.16. The zero-order chi connectivity index (χ0) is 17.9. The summed E-state index contributed by atoms with van der Waals surface area (Å²) in [5, 5.41) is 10.1. The van der Waals surface area contributed by atoms with Crippen LogP contribution in [-0.4, -0.2) is 16.1 Å². The Bertz CT molecular complexity index is 951. The first kappa shape index (κ1) is 16.6. The molecule has 1 heterocycles. The van der Waals surface area contributed by atoms with E-state index in [4.69, 9.17) is 9.84 Å². The molecule has 1 N–H and O–H groups in total. The van der Waals surface area contributed by atoms with Gasteiger partial charge in [-0.3, -0.25) is 4.79 Å². The van der Waals surface area contributed by atoms with Crippen LogP contribution in [0.15, 0.2) is 54.6 Å². The van der Waals surface area contributed by atoms with E-state index >= 15 is 0 Å². The number of hydrogen-bond acceptors (Lipinski definition) is 3. The molecule has 0 spiro atoms. The highest BCUT2D eigenvalue weighted by atomic mass is 16.5. The second-order valence-corrected chi connectivity index (χ2v) is 6.92. The predicted molar refractivity (Wildman–Crippen MR) is 100 cm³/mol. The minimum absolute atomic E-state index is 0.220. The van der Waals surface area contributed by atoms with E-state index < -0.39 is 5.97 Å². The van der Waals surface area contributed by atoms with Crippen molar-refractivity contribution < 1.29 is 14.6 Å². The maximum Gasteiger partial charge on any atom is 0.303 e. The summed E-state index contributed by atoms with van der Waals surface area (Å²) < 4.78 is 5.94. The molecule has 1 aliphatic rings. The lowest BCUT2D eigenvalue weighted by Crippen LogP contribution is -2.17. The number of carboxylic acid groups (broad SMARTS) is 1. The van der Waals surface area contributed by atoms with Crippen LogP contribution in [0.2, 0.25) is 0 Å². The number of para-hydroxylation sites is 1. The van der Waals surface area contributed by atoms with Gasteiger partial charge < -0.3 is 9.84 Å². The number of carboxylic acids is 1. The number of fused-ring (bicyclic) bond motifs is 2. The highest BCUT2D eigenvalue weighted by Gasteiger charge is 2.21. The minimum Gasteiger partial charge on any atom is -0.487 e. The van der Waals surface area contributed by atoms with Gasteiger partial charge in [-0.05, 0) is 60.6 Å². The van der Waals surface area contributed by atoms with Crippen molar-refractivity contribution in [2.75, 3.05) is 0 Å². The third kappa shape index (κ3) is 3.69. The number of aryl methyl sites for hydroxylation is 1. The molecule has 0 bridgehead atoms. The molecule has 0 radical (unpaired) electrons. The number of rotatable bonds is 5. The molecule has 132 valence electrons. The quantitative estimate of drug-likeness (QED) is 0.743. The fraction of sp³-hybridized carbons (Fsp3) is 0.273. The lowest BCUT2D eigenvalue weighted by molar-refractivity contribution is -0.138. The molecule has 0 amide bonds. The second-order valence-electron chi connectivity index (χ2n) is 6.92. The molecule has 1 aromatic heterocycles. The van der Waals surface area contributed by atoms with Gasteiger partial charge in [0.05, 0.1) is 11.2 Å². The lowest BCUT2D eigenvalue weighted by Gasteiger charge is -2.24. The van der Waals surface area contributed by atoms with E-state index in [2.05, 4.69) is 23.2 Å². The number of hydrogen-bond donors (Lipinski definition) is 1. The number of ether oxygens (including phenoxy) is 1. The van der Waals surface area contributed by atoms with Crippen LogP contribution in [0.4, 0.5) is 0 Å². The molecule has 4 heteroatoms. The van der Waals surface area contributed by atoms with Crippen molar-refractivity contribution in [2.24, 2.45) is 5.92 Å². The number of aliphatic carboxylic acids is 1. The van der Waals surface area contributed by atoms with Gasteiger partial charge in [0, 0.05) is 11.8 Å². The summed E-state index contributed by atoms with van der Waals surface area (Å²) in [6.45, 7) is 0.419. The first-order chi connectivity index (χ1) is 12.7. The van der Waals surface area contributed by atoms with Gasteiger partial charge in [-0.15, -0.1) is 0 Å². The topological polar surface area (TPSA) is 59.4 Å². The van der Waals surface area contributed by atoms with Gasteiger partial charge in [0.2, 0.25) is 0 Å². The van der Waals surface area contributed by atoms with E-state index in [1.807, 2.05) is 36.4 Å². The maximum absolute atomic E-state index is 11.0. The molecular formula is C22H21NO3. The molecule has 26 heavy (non-hydrogen) atoms. The molecule has 0 fully saturated rings. The van der Waals surface area contributed by atoms with Crippen LogP contribution in [0, 0.1) is 5.92 Å². The third-order valence-corrected chi connectivity index (χ3v) is 5.01. The van der Waals surface area contributed by atoms with Gasteiger partial charge in [0.1, 0.15) is 12.4 Å². The summed E-state index contributed by atoms with van der Waals surface area (Å²) in [5.74, 6) is 0.320. The molecule has 1 atom stereocenters. The summed E-state index contributed by atoms with van der Waals surface area (Å²) in [4.78, 5) is 15.6. The molecule has 1 aliphatic carbocycles. The fourth-order valence-corrected chi connectivity index (χ4v) is 3.67. The minimum atomic E-state index is -0.715. The molecule has 0 aliphatic heterocycles. The van der Waals surface area contributed by atoms with Crippen molar-refractivity contribution in [3.63, 3.8) is 0 Å². The van der Waals surface area contributed by atoms with Gasteiger partial charge in [-0.1, -0.05) is 30.3 Å². The highest BCUT2D eigenvalue weighted by Crippen LogP contribution is 2.30. The smallest absolute Gasteiger partial charge is 0.303 e. The summed E-state index contributed by atoms with van der Waals surface area (Å²) in [5.41, 5.74) is 4.38. The number of nitrogens with zero attached hydrogens (tertiary/aromatic N) is 1. The first-order valence-electron chi connectivity index (χ1n) is 8.98. The van der Waals surface area contributed by atoms with E-state index in [0.29, 0.717) is 6.61 Å². The van der Waals surface area contributed by atoms with Crippen LogP contribution in [0.3, 0.4) is 0 Å². The van der Waals surface area contributed by atoms with Crippen molar-refractivity contribution in [1.29, 1.82) is 0 Å². The molecule has 1 unspecified atom stereocenters. The van der Waals surface area contributed by atoms with E-state index in [1.54, 1.807) is 0 Å². The van der Waals surface area contributed by atoms with Gasteiger partial charge in [0.25, 0.3) is 0 Å². The Morgan fingerprint density at radius 3 is 2.88 bits per heavy atom. The van der Waals surface area contributed by atoms with Crippen molar-refractivity contribution in [1.82, 2.24) is 4.98 Å². The zero-order valence-electron chi connectivity index (χ0n) is 14.5.